The zero-order valence-electron chi connectivity index (χ0n) is 15.6. The van der Waals surface area contributed by atoms with E-state index < -0.39 is 13.8 Å². The van der Waals surface area contributed by atoms with Crippen molar-refractivity contribution in [3.63, 3.8) is 0 Å². The van der Waals surface area contributed by atoms with E-state index >= 15 is 0 Å². The number of hydrogen-bond acceptors (Lipinski definition) is 4. The third-order valence-electron chi connectivity index (χ3n) is 3.22. The standard InChI is InChI=1S/C14H10O4.C5H5.F6P.Ru/c1-16-14(15)9-5-4-8-12-13(9)18-11-7-3-2-6-10(11)17-12;1-2-4-5-3-1;1-7(2,3,4,5)6;/h2-8H,1H3;1-5H;;/q;;-1;+1. The van der Waals surface area contributed by atoms with Crippen molar-refractivity contribution in [2.24, 2.45) is 0 Å². The molecule has 170 valence electrons. The third-order valence-corrected chi connectivity index (χ3v) is 3.22. The van der Waals surface area contributed by atoms with E-state index in [4.69, 9.17) is 14.2 Å². The molecule has 0 saturated carbocycles. The number of hydrogen-bond donors (Lipinski definition) is 0. The molecule has 4 nitrogen and oxygen atoms in total. The van der Waals surface area contributed by atoms with Crippen LogP contribution in [0.25, 0.3) is 0 Å². The Morgan fingerprint density at radius 2 is 1.26 bits per heavy atom. The molecule has 12 heteroatoms. The van der Waals surface area contributed by atoms with Crippen molar-refractivity contribution in [1.82, 2.24) is 0 Å². The third kappa shape index (κ3) is 10.5. The molecule has 0 spiro atoms. The van der Waals surface area contributed by atoms with Gasteiger partial charge in [-0.3, -0.25) is 0 Å². The summed E-state index contributed by atoms with van der Waals surface area (Å²) in [6, 6.07) is 12.4. The Kier molecular flexibility index (Phi) is 8.09. The van der Waals surface area contributed by atoms with Crippen molar-refractivity contribution in [2.75, 3.05) is 7.11 Å². The summed E-state index contributed by atoms with van der Waals surface area (Å²) in [4.78, 5) is 11.6. The summed E-state index contributed by atoms with van der Waals surface area (Å²) < 4.78 is 75.3. The van der Waals surface area contributed by atoms with Gasteiger partial charge in [0, 0.05) is 6.42 Å². The van der Waals surface area contributed by atoms with Gasteiger partial charge in [0.15, 0.2) is 23.0 Å². The minimum Gasteiger partial charge on any atom is -0.0767 e. The van der Waals surface area contributed by atoms with Gasteiger partial charge in [-0.2, -0.15) is 0 Å². The van der Waals surface area contributed by atoms with Gasteiger partial charge < -0.3 is 14.2 Å². The smallest absolute Gasteiger partial charge is 0.0767 e. The van der Waals surface area contributed by atoms with Crippen molar-refractivity contribution in [1.29, 1.82) is 0 Å². The van der Waals surface area contributed by atoms with Crippen molar-refractivity contribution < 1.29 is 63.7 Å². The summed E-state index contributed by atoms with van der Waals surface area (Å²) in [5, 5.41) is 0. The van der Waals surface area contributed by atoms with Crippen LogP contribution in [0.15, 0.2) is 66.8 Å². The van der Waals surface area contributed by atoms with Crippen LogP contribution in [0.3, 0.4) is 0 Å². The number of rotatable bonds is 1. The maximum Gasteiger partial charge on any atom is 1.00 e. The number of methoxy groups -OCH3 is 1. The maximum atomic E-state index is 11.6. The van der Waals surface area contributed by atoms with Gasteiger partial charge in [0.2, 0.25) is 0 Å². The Hall–Kier alpha value is -2.38. The number of para-hydroxylation sites is 3. The number of esters is 1. The van der Waals surface area contributed by atoms with E-state index in [2.05, 4.69) is 0 Å². The van der Waals surface area contributed by atoms with Gasteiger partial charge in [-0.05, 0) is 24.3 Å². The van der Waals surface area contributed by atoms with Crippen LogP contribution in [-0.2, 0) is 24.2 Å². The second-order valence-corrected chi connectivity index (χ2v) is 7.61. The number of carbonyl (C=O) groups is 1. The molecule has 1 heterocycles. The van der Waals surface area contributed by atoms with E-state index in [9.17, 15) is 30.0 Å². The predicted molar refractivity (Wildman–Crippen MR) is 101 cm³/mol. The van der Waals surface area contributed by atoms with Crippen LogP contribution in [0.1, 0.15) is 10.4 Å². The quantitative estimate of drug-likeness (QED) is 0.132. The van der Waals surface area contributed by atoms with Crippen LogP contribution in [0, 0.1) is 6.42 Å². The van der Waals surface area contributed by atoms with Gasteiger partial charge in [-0.1, -0.05) is 42.5 Å². The zero-order chi connectivity index (χ0) is 22.5. The van der Waals surface area contributed by atoms with E-state index in [1.807, 2.05) is 48.9 Å². The number of ether oxygens (including phenoxy) is 3. The predicted octanol–water partition coefficient (Wildman–Crippen LogP) is 8.07. The number of fused-ring (bicyclic) bond motifs is 2. The van der Waals surface area contributed by atoms with Crippen LogP contribution >= 0.6 is 7.81 Å². The Bertz CT molecular complexity index is 970. The molecular formula is C19H15F6O4PRu. The van der Waals surface area contributed by atoms with Crippen molar-refractivity contribution >= 4 is 13.8 Å². The van der Waals surface area contributed by atoms with E-state index in [0.717, 1.165) is 0 Å². The van der Waals surface area contributed by atoms with E-state index in [1.54, 1.807) is 24.3 Å². The first-order valence-electron chi connectivity index (χ1n) is 8.14. The Morgan fingerprint density at radius 3 is 1.71 bits per heavy atom. The monoisotopic (exact) mass is 554 g/mol. The molecule has 0 N–H and O–H groups in total. The molecule has 0 bridgehead atoms. The summed E-state index contributed by atoms with van der Waals surface area (Å²) in [7, 11) is -9.32. The molecule has 2 aromatic rings. The summed E-state index contributed by atoms with van der Waals surface area (Å²) in [6.07, 6.45) is 10.0. The fourth-order valence-electron chi connectivity index (χ4n) is 2.14. The Morgan fingerprint density at radius 1 is 0.774 bits per heavy atom. The molecule has 31 heavy (non-hydrogen) atoms. The summed E-state index contributed by atoms with van der Waals surface area (Å²) in [6.45, 7) is 0. The van der Waals surface area contributed by atoms with E-state index in [-0.39, 0.29) is 19.5 Å². The summed E-state index contributed by atoms with van der Waals surface area (Å²) >= 11 is 0. The Labute approximate surface area is 186 Å². The van der Waals surface area contributed by atoms with Crippen molar-refractivity contribution in [3.05, 3.63) is 78.8 Å². The maximum absolute atomic E-state index is 11.6. The molecule has 0 atom stereocenters. The fraction of sp³-hybridized carbons (Fsp3) is 0.0526. The van der Waals surface area contributed by atoms with Crippen molar-refractivity contribution in [2.45, 2.75) is 0 Å². The minimum absolute atomic E-state index is 0. The topological polar surface area (TPSA) is 44.8 Å². The molecule has 2 radical (unpaired) electrons. The average molecular weight is 553 g/mol. The van der Waals surface area contributed by atoms with E-state index in [0.29, 0.717) is 28.6 Å². The molecule has 0 unspecified atom stereocenters. The van der Waals surface area contributed by atoms with Gasteiger partial charge in [0.25, 0.3) is 0 Å². The fourth-order valence-corrected chi connectivity index (χ4v) is 2.14. The van der Waals surface area contributed by atoms with Crippen LogP contribution in [0.4, 0.5) is 25.2 Å². The summed E-state index contributed by atoms with van der Waals surface area (Å²) in [5.41, 5.74) is 0.351. The number of halogens is 6. The molecular weight excluding hydrogens is 538 g/mol. The van der Waals surface area contributed by atoms with Gasteiger partial charge in [0.1, 0.15) is 5.56 Å². The second-order valence-electron chi connectivity index (χ2n) is 5.70. The number of allylic oxidation sites excluding steroid dienone is 4. The molecule has 0 saturated heterocycles. The minimum atomic E-state index is -10.7. The molecule has 0 aromatic heterocycles. The second kappa shape index (κ2) is 9.41. The van der Waals surface area contributed by atoms with Crippen LogP contribution in [0.5, 0.6) is 23.0 Å². The molecule has 1 aliphatic heterocycles. The van der Waals surface area contributed by atoms with Gasteiger partial charge in [0.05, 0.1) is 7.11 Å². The largest absolute Gasteiger partial charge is 1.00 e. The Balaban J connectivity index is 0.000000307. The van der Waals surface area contributed by atoms with Gasteiger partial charge >= 0.3 is 58.4 Å². The molecule has 1 aliphatic carbocycles. The van der Waals surface area contributed by atoms with Crippen molar-refractivity contribution in [3.8, 4) is 23.0 Å². The van der Waals surface area contributed by atoms with Crippen LogP contribution < -0.4 is 9.47 Å². The first-order chi connectivity index (χ1) is 13.7. The number of benzene rings is 2. The molecule has 4 rings (SSSR count). The molecule has 2 aliphatic rings. The van der Waals surface area contributed by atoms with E-state index in [1.165, 1.54) is 7.11 Å². The SMILES string of the molecule is COC(=O)c1cccc2c1Oc1ccccc1O2.F[P-](F)(F)(F)(F)F.[CH]1C=CC=C1.[Ru+]. The van der Waals surface area contributed by atoms with Crippen LogP contribution in [-0.4, -0.2) is 13.1 Å². The first-order valence-corrected chi connectivity index (χ1v) is 10.2. The van der Waals surface area contributed by atoms with Gasteiger partial charge in [-0.15, -0.1) is 0 Å². The molecule has 0 fully saturated rings. The number of carbonyl (C=O) groups excluding carboxylic acids is 1. The normalized spacial score (nSPS) is 14.8. The van der Waals surface area contributed by atoms with Gasteiger partial charge in [-0.25, -0.2) is 4.79 Å². The summed E-state index contributed by atoms with van der Waals surface area (Å²) in [5.74, 6) is 1.67. The molecule has 2 aromatic carbocycles. The molecule has 0 amide bonds. The van der Waals surface area contributed by atoms with Crippen LogP contribution in [0.2, 0.25) is 0 Å². The zero-order valence-corrected chi connectivity index (χ0v) is 18.3. The first kappa shape index (κ1) is 26.7. The average Bonchev–Trinajstić information content (AvgIpc) is 3.22.